The van der Waals surface area contributed by atoms with E-state index in [0.29, 0.717) is 5.76 Å². The van der Waals surface area contributed by atoms with E-state index in [1.165, 1.54) is 0 Å². The van der Waals surface area contributed by atoms with Crippen molar-refractivity contribution in [1.82, 2.24) is 5.16 Å². The zero-order valence-electron chi connectivity index (χ0n) is 11.9. The molecule has 0 amide bonds. The summed E-state index contributed by atoms with van der Waals surface area (Å²) in [6.07, 6.45) is 0. The van der Waals surface area contributed by atoms with Gasteiger partial charge in [-0.1, -0.05) is 11.2 Å². The van der Waals surface area contributed by atoms with Crippen LogP contribution in [0.3, 0.4) is 0 Å². The van der Waals surface area contributed by atoms with Gasteiger partial charge in [-0.2, -0.15) is 0 Å². The van der Waals surface area contributed by atoms with E-state index in [2.05, 4.69) is 5.16 Å². The number of hydrogen-bond acceptors (Lipinski definition) is 4. The molecule has 0 fully saturated rings. The molecule has 2 N–H and O–H groups in total. The van der Waals surface area contributed by atoms with E-state index in [9.17, 15) is 10.2 Å². The average Bonchev–Trinajstić information content (AvgIpc) is 2.91. The maximum atomic E-state index is 9.58. The van der Waals surface area contributed by atoms with Gasteiger partial charge in [-0.25, -0.2) is 0 Å². The van der Waals surface area contributed by atoms with Gasteiger partial charge in [0, 0.05) is 10.9 Å². The van der Waals surface area contributed by atoms with Crippen LogP contribution in [0.15, 0.2) is 53.1 Å². The number of phenols is 2. The summed E-state index contributed by atoms with van der Waals surface area (Å²) in [5, 5.41) is 26.1. The fraction of sp³-hybridized carbons (Fsp3) is 0.0556. The van der Waals surface area contributed by atoms with Gasteiger partial charge in [0.25, 0.3) is 0 Å². The molecule has 108 valence electrons. The first-order chi connectivity index (χ1) is 10.6. The molecule has 0 radical (unpaired) electrons. The molecule has 0 unspecified atom stereocenters. The number of nitrogens with zero attached hydrogens (tertiary/aromatic N) is 1. The summed E-state index contributed by atoms with van der Waals surface area (Å²) >= 11 is 0. The van der Waals surface area contributed by atoms with Gasteiger partial charge >= 0.3 is 0 Å². The summed E-state index contributed by atoms with van der Waals surface area (Å²) in [6.45, 7) is 1.92. The van der Waals surface area contributed by atoms with E-state index in [1.54, 1.807) is 24.3 Å². The standard InChI is InChI=1S/C18H13NO3/c1-10-8-12(20)3-6-14(10)18-16-5-2-11-9-13(21)4-7-15(11)17(16)19-22-18/h2-9,20-21H,1H3. The highest BCUT2D eigenvalue weighted by atomic mass is 16.5. The lowest BCUT2D eigenvalue weighted by Crippen LogP contribution is -1.82. The third-order valence-corrected chi connectivity index (χ3v) is 3.90. The summed E-state index contributed by atoms with van der Waals surface area (Å²) in [7, 11) is 0. The van der Waals surface area contributed by atoms with Crippen molar-refractivity contribution in [2.45, 2.75) is 6.92 Å². The number of phenolic OH excluding ortho intramolecular Hbond substituents is 2. The van der Waals surface area contributed by atoms with Gasteiger partial charge in [0.1, 0.15) is 17.0 Å². The molecule has 0 aliphatic rings. The van der Waals surface area contributed by atoms with Crippen molar-refractivity contribution in [2.24, 2.45) is 0 Å². The van der Waals surface area contributed by atoms with Gasteiger partial charge in [0.05, 0.1) is 5.39 Å². The number of rotatable bonds is 1. The second kappa shape index (κ2) is 4.49. The van der Waals surface area contributed by atoms with Gasteiger partial charge in [-0.3, -0.25) is 0 Å². The van der Waals surface area contributed by atoms with Crippen molar-refractivity contribution in [2.75, 3.05) is 0 Å². The molecule has 0 atom stereocenters. The number of hydrogen-bond donors (Lipinski definition) is 2. The predicted molar refractivity (Wildman–Crippen MR) is 85.0 cm³/mol. The Balaban J connectivity index is 2.02. The molecule has 0 bridgehead atoms. The first kappa shape index (κ1) is 12.7. The van der Waals surface area contributed by atoms with Crippen LogP contribution in [0.4, 0.5) is 0 Å². The molecule has 0 saturated carbocycles. The van der Waals surface area contributed by atoms with Crippen molar-refractivity contribution in [1.29, 1.82) is 0 Å². The average molecular weight is 291 g/mol. The van der Waals surface area contributed by atoms with Crippen molar-refractivity contribution in [3.63, 3.8) is 0 Å². The highest BCUT2D eigenvalue weighted by molar-refractivity contribution is 6.09. The SMILES string of the molecule is Cc1cc(O)ccc1-c1onc2c1ccc1cc(O)ccc12. The minimum atomic E-state index is 0.227. The van der Waals surface area contributed by atoms with E-state index in [1.807, 2.05) is 31.2 Å². The van der Waals surface area contributed by atoms with E-state index < -0.39 is 0 Å². The molecule has 22 heavy (non-hydrogen) atoms. The Morgan fingerprint density at radius 3 is 2.41 bits per heavy atom. The number of fused-ring (bicyclic) bond motifs is 3. The molecule has 0 spiro atoms. The lowest BCUT2D eigenvalue weighted by Gasteiger charge is -2.03. The van der Waals surface area contributed by atoms with Crippen molar-refractivity contribution >= 4 is 21.7 Å². The Morgan fingerprint density at radius 1 is 0.864 bits per heavy atom. The third-order valence-electron chi connectivity index (χ3n) is 3.90. The topological polar surface area (TPSA) is 66.5 Å². The quantitative estimate of drug-likeness (QED) is 0.546. The molecular formula is C18H13NO3. The van der Waals surface area contributed by atoms with Crippen LogP contribution >= 0.6 is 0 Å². The fourth-order valence-corrected chi connectivity index (χ4v) is 2.82. The highest BCUT2D eigenvalue weighted by Gasteiger charge is 2.15. The predicted octanol–water partition coefficient (Wildman–Crippen LogP) is 4.37. The van der Waals surface area contributed by atoms with Gasteiger partial charge in [-0.15, -0.1) is 0 Å². The molecule has 3 aromatic carbocycles. The van der Waals surface area contributed by atoms with Crippen LogP contribution in [0.5, 0.6) is 11.5 Å². The number of aromatic hydroxyl groups is 2. The molecule has 0 saturated heterocycles. The van der Waals surface area contributed by atoms with Gasteiger partial charge in [0.2, 0.25) is 0 Å². The Hall–Kier alpha value is -3.01. The molecular weight excluding hydrogens is 278 g/mol. The van der Waals surface area contributed by atoms with Gasteiger partial charge < -0.3 is 14.7 Å². The Kier molecular flexibility index (Phi) is 2.60. The van der Waals surface area contributed by atoms with E-state index in [-0.39, 0.29) is 11.5 Å². The summed E-state index contributed by atoms with van der Waals surface area (Å²) in [6, 6.07) is 14.2. The number of benzene rings is 3. The molecule has 4 aromatic rings. The Labute approximate surface area is 126 Å². The summed E-state index contributed by atoms with van der Waals surface area (Å²) in [5.41, 5.74) is 2.59. The highest BCUT2D eigenvalue weighted by Crippen LogP contribution is 2.36. The van der Waals surface area contributed by atoms with Crippen LogP contribution in [-0.2, 0) is 0 Å². The molecule has 1 heterocycles. The van der Waals surface area contributed by atoms with Crippen molar-refractivity contribution in [3.05, 3.63) is 54.1 Å². The van der Waals surface area contributed by atoms with Crippen LogP contribution in [0.2, 0.25) is 0 Å². The van der Waals surface area contributed by atoms with E-state index in [0.717, 1.165) is 32.8 Å². The lowest BCUT2D eigenvalue weighted by molar-refractivity contribution is 0.441. The first-order valence-electron chi connectivity index (χ1n) is 6.94. The Bertz CT molecular complexity index is 1020. The first-order valence-corrected chi connectivity index (χ1v) is 6.94. The molecule has 4 nitrogen and oxygen atoms in total. The molecule has 0 aliphatic heterocycles. The smallest absolute Gasteiger partial charge is 0.174 e. The fourth-order valence-electron chi connectivity index (χ4n) is 2.82. The lowest BCUT2D eigenvalue weighted by atomic mass is 10.0. The third kappa shape index (κ3) is 1.81. The van der Waals surface area contributed by atoms with E-state index >= 15 is 0 Å². The summed E-state index contributed by atoms with van der Waals surface area (Å²) in [5.74, 6) is 1.14. The second-order valence-corrected chi connectivity index (χ2v) is 5.38. The molecule has 4 rings (SSSR count). The molecule has 1 aromatic heterocycles. The zero-order valence-corrected chi connectivity index (χ0v) is 11.9. The van der Waals surface area contributed by atoms with Crippen LogP contribution in [0.1, 0.15) is 5.56 Å². The number of aryl methyl sites for hydroxylation is 1. The van der Waals surface area contributed by atoms with Gasteiger partial charge in [0.15, 0.2) is 5.76 Å². The minimum Gasteiger partial charge on any atom is -0.508 e. The number of aromatic nitrogens is 1. The molecule has 0 aliphatic carbocycles. The van der Waals surface area contributed by atoms with Crippen LogP contribution in [0.25, 0.3) is 33.0 Å². The van der Waals surface area contributed by atoms with Crippen molar-refractivity contribution in [3.8, 4) is 22.8 Å². The van der Waals surface area contributed by atoms with Crippen molar-refractivity contribution < 1.29 is 14.7 Å². The zero-order chi connectivity index (χ0) is 15.3. The van der Waals surface area contributed by atoms with Crippen LogP contribution in [-0.4, -0.2) is 15.4 Å². The van der Waals surface area contributed by atoms with Crippen LogP contribution in [0, 0.1) is 6.92 Å². The van der Waals surface area contributed by atoms with E-state index in [4.69, 9.17) is 4.52 Å². The van der Waals surface area contributed by atoms with Crippen LogP contribution < -0.4 is 0 Å². The largest absolute Gasteiger partial charge is 0.508 e. The molecule has 4 heteroatoms. The second-order valence-electron chi connectivity index (χ2n) is 5.38. The summed E-state index contributed by atoms with van der Waals surface area (Å²) < 4.78 is 5.57. The normalized spacial score (nSPS) is 11.3. The Morgan fingerprint density at radius 2 is 1.59 bits per heavy atom. The maximum Gasteiger partial charge on any atom is 0.174 e. The minimum absolute atomic E-state index is 0.227. The van der Waals surface area contributed by atoms with Gasteiger partial charge in [-0.05, 0) is 60.3 Å². The maximum absolute atomic E-state index is 9.58. The summed E-state index contributed by atoms with van der Waals surface area (Å²) in [4.78, 5) is 0. The monoisotopic (exact) mass is 291 g/mol.